The number of carbonyl (C=O) groups is 2. The molecule has 0 fully saturated rings. The number of carbonyl (C=O) groups excluding carboxylic acids is 2. The van der Waals surface area contributed by atoms with Crippen LogP contribution in [0.25, 0.3) is 10.9 Å². The summed E-state index contributed by atoms with van der Waals surface area (Å²) in [5.74, 6) is -0.716. The van der Waals surface area contributed by atoms with Crippen molar-refractivity contribution in [2.24, 2.45) is 0 Å². The maximum atomic E-state index is 12.1. The lowest BCUT2D eigenvalue weighted by molar-refractivity contribution is -0.129. The Hall–Kier alpha value is -2.51. The lowest BCUT2D eigenvalue weighted by Crippen LogP contribution is -2.24. The molecule has 2 aromatic rings. The molecule has 0 radical (unpaired) electrons. The number of para-hydroxylation sites is 1. The van der Waals surface area contributed by atoms with Gasteiger partial charge in [-0.1, -0.05) is 24.6 Å². The highest BCUT2D eigenvalue weighted by Crippen LogP contribution is 2.15. The molecule has 2 rings (SSSR count). The molecule has 0 saturated carbocycles. The summed E-state index contributed by atoms with van der Waals surface area (Å²) in [6.45, 7) is 0.357. The van der Waals surface area contributed by atoms with Gasteiger partial charge in [-0.05, 0) is 25.0 Å². The Bertz CT molecular complexity index is 670. The number of hydrogen-bond donors (Lipinski definition) is 3. The van der Waals surface area contributed by atoms with Gasteiger partial charge in [0.15, 0.2) is 0 Å². The topological polar surface area (TPSA) is 101 Å². The summed E-state index contributed by atoms with van der Waals surface area (Å²) >= 11 is 0. The highest BCUT2D eigenvalue weighted by atomic mass is 16.6. The van der Waals surface area contributed by atoms with Crippen LogP contribution in [0.1, 0.15) is 36.0 Å². The normalized spacial score (nSPS) is 10.5. The van der Waals surface area contributed by atoms with E-state index in [2.05, 4.69) is 10.5 Å². The molecule has 0 saturated heterocycles. The standard InChI is InChI=1S/C16H19N3O4/c20-15(18-22)8-2-1-5-11-23-19-16(21)13-9-10-17-14-7-4-3-6-12(13)14/h3-4,6-7,9-10,22H,1-2,5,8,11H2,(H,18,20)(H,19,21). The zero-order chi connectivity index (χ0) is 16.5. The highest BCUT2D eigenvalue weighted by molar-refractivity contribution is 6.05. The smallest absolute Gasteiger partial charge is 0.275 e. The minimum atomic E-state index is -0.399. The molecule has 0 aliphatic carbocycles. The molecular formula is C16H19N3O4. The van der Waals surface area contributed by atoms with Gasteiger partial charge in [0.1, 0.15) is 0 Å². The molecule has 1 aromatic heterocycles. The fourth-order valence-corrected chi connectivity index (χ4v) is 2.16. The lowest BCUT2D eigenvalue weighted by atomic mass is 10.1. The Balaban J connectivity index is 1.74. The van der Waals surface area contributed by atoms with Crippen LogP contribution in [0.5, 0.6) is 0 Å². The van der Waals surface area contributed by atoms with E-state index in [4.69, 9.17) is 10.0 Å². The third kappa shape index (κ3) is 5.01. The second kappa shape index (κ2) is 8.82. The Kier molecular flexibility index (Phi) is 6.46. The number of benzene rings is 1. The summed E-state index contributed by atoms with van der Waals surface area (Å²) in [7, 11) is 0. The largest absolute Gasteiger partial charge is 0.289 e. The van der Waals surface area contributed by atoms with Crippen molar-refractivity contribution in [3.05, 3.63) is 42.1 Å². The molecule has 0 spiro atoms. The van der Waals surface area contributed by atoms with Crippen molar-refractivity contribution in [3.63, 3.8) is 0 Å². The molecule has 0 aliphatic heterocycles. The van der Waals surface area contributed by atoms with E-state index in [1.54, 1.807) is 17.7 Å². The zero-order valence-corrected chi connectivity index (χ0v) is 12.6. The van der Waals surface area contributed by atoms with E-state index in [9.17, 15) is 9.59 Å². The van der Waals surface area contributed by atoms with Crippen LogP contribution >= 0.6 is 0 Å². The number of pyridine rings is 1. The van der Waals surface area contributed by atoms with Crippen LogP contribution in [0.2, 0.25) is 0 Å². The van der Waals surface area contributed by atoms with E-state index < -0.39 is 5.91 Å². The number of fused-ring (bicyclic) bond motifs is 1. The van der Waals surface area contributed by atoms with Gasteiger partial charge < -0.3 is 0 Å². The van der Waals surface area contributed by atoms with Gasteiger partial charge in [-0.2, -0.15) is 0 Å². The van der Waals surface area contributed by atoms with Gasteiger partial charge in [0, 0.05) is 18.0 Å². The Morgan fingerprint density at radius 2 is 1.96 bits per heavy atom. The highest BCUT2D eigenvalue weighted by Gasteiger charge is 2.10. The van der Waals surface area contributed by atoms with Crippen molar-refractivity contribution in [1.29, 1.82) is 0 Å². The molecule has 0 aliphatic rings. The van der Waals surface area contributed by atoms with E-state index in [1.807, 2.05) is 24.3 Å². The number of hydrogen-bond acceptors (Lipinski definition) is 5. The maximum absolute atomic E-state index is 12.1. The van der Waals surface area contributed by atoms with Crippen LogP contribution in [0, 0.1) is 0 Å². The van der Waals surface area contributed by atoms with E-state index in [0.717, 1.165) is 17.3 Å². The van der Waals surface area contributed by atoms with Crippen LogP contribution in [0.3, 0.4) is 0 Å². The van der Waals surface area contributed by atoms with Crippen LogP contribution in [0.15, 0.2) is 36.5 Å². The molecule has 2 amide bonds. The first-order chi connectivity index (χ1) is 11.2. The molecule has 7 nitrogen and oxygen atoms in total. The minimum absolute atomic E-state index is 0.270. The summed E-state index contributed by atoms with van der Waals surface area (Å²) < 4.78 is 0. The molecule has 7 heteroatoms. The van der Waals surface area contributed by atoms with Gasteiger partial charge in [0.2, 0.25) is 5.91 Å². The first kappa shape index (κ1) is 16.9. The van der Waals surface area contributed by atoms with Crippen molar-refractivity contribution in [1.82, 2.24) is 15.9 Å². The second-order valence-corrected chi connectivity index (χ2v) is 5.00. The number of rotatable bonds is 8. The van der Waals surface area contributed by atoms with Gasteiger partial charge >= 0.3 is 0 Å². The third-order valence-corrected chi connectivity index (χ3v) is 3.33. The van der Waals surface area contributed by atoms with Crippen molar-refractivity contribution >= 4 is 22.7 Å². The average Bonchev–Trinajstić information content (AvgIpc) is 2.59. The Morgan fingerprint density at radius 1 is 1.13 bits per heavy atom. The first-order valence-corrected chi connectivity index (χ1v) is 7.41. The van der Waals surface area contributed by atoms with Crippen LogP contribution < -0.4 is 11.0 Å². The van der Waals surface area contributed by atoms with Gasteiger partial charge in [-0.25, -0.2) is 11.0 Å². The predicted octanol–water partition coefficient (Wildman–Crippen LogP) is 1.96. The van der Waals surface area contributed by atoms with Crippen molar-refractivity contribution in [3.8, 4) is 0 Å². The minimum Gasteiger partial charge on any atom is -0.289 e. The molecule has 0 bridgehead atoms. The third-order valence-electron chi connectivity index (χ3n) is 3.33. The lowest BCUT2D eigenvalue weighted by Gasteiger charge is -2.08. The summed E-state index contributed by atoms with van der Waals surface area (Å²) in [6, 6.07) is 9.04. The van der Waals surface area contributed by atoms with Gasteiger partial charge in [-0.15, -0.1) is 0 Å². The number of nitrogens with one attached hydrogen (secondary N) is 2. The second-order valence-electron chi connectivity index (χ2n) is 5.00. The van der Waals surface area contributed by atoms with E-state index in [0.29, 0.717) is 25.0 Å². The summed E-state index contributed by atoms with van der Waals surface area (Å²) in [4.78, 5) is 32.3. The van der Waals surface area contributed by atoms with Crippen LogP contribution in [-0.4, -0.2) is 28.6 Å². The number of hydroxylamine groups is 2. The molecule has 122 valence electrons. The summed E-state index contributed by atoms with van der Waals surface area (Å²) in [5.41, 5.74) is 5.26. The molecule has 0 atom stereocenters. The molecule has 1 heterocycles. The van der Waals surface area contributed by atoms with Gasteiger partial charge in [-0.3, -0.25) is 24.6 Å². The van der Waals surface area contributed by atoms with E-state index in [1.165, 1.54) is 0 Å². The zero-order valence-electron chi connectivity index (χ0n) is 12.6. The fraction of sp³-hybridized carbons (Fsp3) is 0.312. The number of aromatic nitrogens is 1. The SMILES string of the molecule is O=C(CCCCCONC(=O)c1ccnc2ccccc12)NO. The number of amides is 2. The maximum Gasteiger partial charge on any atom is 0.275 e. The van der Waals surface area contributed by atoms with Gasteiger partial charge in [0.05, 0.1) is 17.7 Å². The molecular weight excluding hydrogens is 298 g/mol. The van der Waals surface area contributed by atoms with Crippen LogP contribution in [-0.2, 0) is 9.63 Å². The molecule has 23 heavy (non-hydrogen) atoms. The van der Waals surface area contributed by atoms with Crippen molar-refractivity contribution in [2.45, 2.75) is 25.7 Å². The predicted molar refractivity (Wildman–Crippen MR) is 83.6 cm³/mol. The number of unbranched alkanes of at least 4 members (excludes halogenated alkanes) is 2. The Labute approximate surface area is 133 Å². The average molecular weight is 317 g/mol. The molecule has 1 aromatic carbocycles. The summed E-state index contributed by atoms with van der Waals surface area (Å²) in [5, 5.41) is 9.11. The van der Waals surface area contributed by atoms with E-state index >= 15 is 0 Å². The van der Waals surface area contributed by atoms with Crippen molar-refractivity contribution in [2.75, 3.05) is 6.61 Å². The van der Waals surface area contributed by atoms with Crippen molar-refractivity contribution < 1.29 is 19.6 Å². The number of nitrogens with zero attached hydrogens (tertiary/aromatic N) is 1. The first-order valence-electron chi connectivity index (χ1n) is 7.41. The van der Waals surface area contributed by atoms with E-state index in [-0.39, 0.29) is 12.3 Å². The van der Waals surface area contributed by atoms with Crippen LogP contribution in [0.4, 0.5) is 0 Å². The fourth-order valence-electron chi connectivity index (χ4n) is 2.16. The Morgan fingerprint density at radius 3 is 2.78 bits per heavy atom. The quantitative estimate of drug-likeness (QED) is 0.392. The van der Waals surface area contributed by atoms with Gasteiger partial charge in [0.25, 0.3) is 5.91 Å². The summed E-state index contributed by atoms with van der Waals surface area (Å²) in [6.07, 6.45) is 3.98. The molecule has 0 unspecified atom stereocenters. The monoisotopic (exact) mass is 317 g/mol. The molecule has 3 N–H and O–H groups in total.